The van der Waals surface area contributed by atoms with E-state index in [1.807, 2.05) is 0 Å². The number of benzene rings is 1. The molecule has 0 bridgehead atoms. The predicted molar refractivity (Wildman–Crippen MR) is 146 cm³/mol. The van der Waals surface area contributed by atoms with E-state index in [1.54, 1.807) is 38.4 Å². The number of hydrogen-bond donors (Lipinski definition) is 5. The Balaban J connectivity index is 2.32. The average Bonchev–Trinajstić information content (AvgIpc) is 2.89. The van der Waals surface area contributed by atoms with Crippen LogP contribution in [0.15, 0.2) is 24.3 Å². The van der Waals surface area contributed by atoms with Gasteiger partial charge in [0.1, 0.15) is 17.8 Å². The lowest BCUT2D eigenvalue weighted by molar-refractivity contribution is -0.145. The van der Waals surface area contributed by atoms with Crippen molar-refractivity contribution in [2.75, 3.05) is 33.7 Å². The Hall–Kier alpha value is -3.47. The van der Waals surface area contributed by atoms with Gasteiger partial charge in [0.2, 0.25) is 23.6 Å². The minimum Gasteiger partial charge on any atom is -0.384 e. The van der Waals surface area contributed by atoms with Crippen molar-refractivity contribution >= 4 is 29.5 Å². The van der Waals surface area contributed by atoms with Gasteiger partial charge in [0, 0.05) is 26.2 Å². The summed E-state index contributed by atoms with van der Waals surface area (Å²) in [6.45, 7) is 0.523. The van der Waals surface area contributed by atoms with E-state index in [-0.39, 0.29) is 36.5 Å². The SMILES string of the molecule is CN(C)C(=O)C(Cc1ccc(C(=N)N)cc1)C(=O)N[C@H](C(=O)N(CCCCN)CC(N)=O)C1CCCCC1. The third-order valence-electron chi connectivity index (χ3n) is 6.99. The van der Waals surface area contributed by atoms with Crippen molar-refractivity contribution in [3.8, 4) is 0 Å². The second-order valence-electron chi connectivity index (χ2n) is 10.2. The highest BCUT2D eigenvalue weighted by Crippen LogP contribution is 2.28. The Morgan fingerprint density at radius 2 is 1.63 bits per heavy atom. The third kappa shape index (κ3) is 9.13. The molecule has 1 unspecified atom stereocenters. The molecule has 8 N–H and O–H groups in total. The molecule has 0 aromatic heterocycles. The van der Waals surface area contributed by atoms with Crippen LogP contribution in [0.4, 0.5) is 0 Å². The zero-order chi connectivity index (χ0) is 28.2. The summed E-state index contributed by atoms with van der Waals surface area (Å²) in [5.41, 5.74) is 17.8. The van der Waals surface area contributed by atoms with Crippen molar-refractivity contribution in [1.29, 1.82) is 5.41 Å². The predicted octanol–water partition coefficient (Wildman–Crippen LogP) is 0.335. The van der Waals surface area contributed by atoms with Crippen LogP contribution in [0, 0.1) is 17.2 Å². The van der Waals surface area contributed by atoms with Gasteiger partial charge in [-0.25, -0.2) is 0 Å². The first-order valence-corrected chi connectivity index (χ1v) is 13.3. The van der Waals surface area contributed by atoms with Gasteiger partial charge in [-0.15, -0.1) is 0 Å². The smallest absolute Gasteiger partial charge is 0.245 e. The summed E-state index contributed by atoms with van der Waals surface area (Å²) in [5.74, 6) is -3.15. The number of nitrogens with zero attached hydrogens (tertiary/aromatic N) is 2. The van der Waals surface area contributed by atoms with Gasteiger partial charge in [0.05, 0.1) is 6.54 Å². The lowest BCUT2D eigenvalue weighted by Gasteiger charge is -2.34. The van der Waals surface area contributed by atoms with Crippen LogP contribution in [-0.4, -0.2) is 79.0 Å². The Labute approximate surface area is 225 Å². The standard InChI is InChI=1S/C27H43N7O4/c1-33(2)26(37)21(16-18-10-12-20(13-11-18)24(30)31)25(36)32-23(19-8-4-3-5-9-19)27(38)34(17-22(29)35)15-7-6-14-28/h10-13,19,21,23H,3-9,14-17,28H2,1-2H3,(H2,29,35)(H3,30,31)(H,32,36)/t21?,23-/m0/s1. The van der Waals surface area contributed by atoms with E-state index < -0.39 is 23.8 Å². The fourth-order valence-corrected chi connectivity index (χ4v) is 4.86. The number of nitrogens with two attached hydrogens (primary N) is 3. The second kappa shape index (κ2) is 15.1. The molecule has 0 radical (unpaired) electrons. The summed E-state index contributed by atoms with van der Waals surface area (Å²) in [7, 11) is 3.16. The summed E-state index contributed by atoms with van der Waals surface area (Å²) in [5, 5.41) is 10.5. The molecule has 0 saturated heterocycles. The van der Waals surface area contributed by atoms with E-state index in [4.69, 9.17) is 22.6 Å². The normalized spacial score (nSPS) is 15.2. The summed E-state index contributed by atoms with van der Waals surface area (Å²) >= 11 is 0. The summed E-state index contributed by atoms with van der Waals surface area (Å²) in [6, 6.07) is 5.94. The zero-order valence-electron chi connectivity index (χ0n) is 22.6. The van der Waals surface area contributed by atoms with Crippen molar-refractivity contribution in [3.05, 3.63) is 35.4 Å². The van der Waals surface area contributed by atoms with Gasteiger partial charge >= 0.3 is 0 Å². The Morgan fingerprint density at radius 1 is 1.00 bits per heavy atom. The van der Waals surface area contributed by atoms with E-state index in [0.717, 1.165) is 37.7 Å². The fourth-order valence-electron chi connectivity index (χ4n) is 4.86. The van der Waals surface area contributed by atoms with E-state index in [0.29, 0.717) is 31.5 Å². The monoisotopic (exact) mass is 529 g/mol. The first kappa shape index (κ1) is 30.8. The molecule has 0 heterocycles. The highest BCUT2D eigenvalue weighted by Gasteiger charge is 2.37. The first-order chi connectivity index (χ1) is 18.0. The molecule has 1 aliphatic rings. The molecule has 1 aliphatic carbocycles. The molecule has 2 rings (SSSR count). The van der Waals surface area contributed by atoms with Crippen LogP contribution in [0.2, 0.25) is 0 Å². The summed E-state index contributed by atoms with van der Waals surface area (Å²) in [6.07, 6.45) is 5.89. The molecule has 1 aromatic carbocycles. The van der Waals surface area contributed by atoms with Crippen LogP contribution >= 0.6 is 0 Å². The highest BCUT2D eigenvalue weighted by atomic mass is 16.2. The fraction of sp³-hybridized carbons (Fsp3) is 0.593. The van der Waals surface area contributed by atoms with E-state index >= 15 is 0 Å². The van der Waals surface area contributed by atoms with Gasteiger partial charge in [-0.2, -0.15) is 0 Å². The minimum atomic E-state index is -1.06. The number of primary amides is 1. The zero-order valence-corrected chi connectivity index (χ0v) is 22.6. The van der Waals surface area contributed by atoms with Crippen molar-refractivity contribution in [1.82, 2.24) is 15.1 Å². The number of carbonyl (C=O) groups is 4. The van der Waals surface area contributed by atoms with Crippen molar-refractivity contribution < 1.29 is 19.2 Å². The number of amidine groups is 1. The third-order valence-corrected chi connectivity index (χ3v) is 6.99. The average molecular weight is 530 g/mol. The van der Waals surface area contributed by atoms with Gasteiger partial charge < -0.3 is 32.3 Å². The van der Waals surface area contributed by atoms with Gasteiger partial charge in [-0.1, -0.05) is 43.5 Å². The van der Waals surface area contributed by atoms with Crippen molar-refractivity contribution in [2.24, 2.45) is 29.0 Å². The molecule has 1 fully saturated rings. The van der Waals surface area contributed by atoms with Gasteiger partial charge in [-0.05, 0) is 50.1 Å². The summed E-state index contributed by atoms with van der Waals surface area (Å²) in [4.78, 5) is 55.0. The largest absolute Gasteiger partial charge is 0.384 e. The quantitative estimate of drug-likeness (QED) is 0.0999. The molecule has 1 saturated carbocycles. The number of carbonyl (C=O) groups excluding carboxylic acids is 4. The molecule has 0 spiro atoms. The molecule has 38 heavy (non-hydrogen) atoms. The van der Waals surface area contributed by atoms with E-state index in [9.17, 15) is 19.2 Å². The molecule has 0 aliphatic heterocycles. The van der Waals surface area contributed by atoms with Crippen LogP contribution in [-0.2, 0) is 25.6 Å². The van der Waals surface area contributed by atoms with Crippen LogP contribution in [0.25, 0.3) is 0 Å². The lowest BCUT2D eigenvalue weighted by atomic mass is 9.82. The maximum Gasteiger partial charge on any atom is 0.245 e. The number of nitrogen functional groups attached to an aromatic ring is 1. The molecule has 11 nitrogen and oxygen atoms in total. The second-order valence-corrected chi connectivity index (χ2v) is 10.2. The van der Waals surface area contributed by atoms with E-state index in [2.05, 4.69) is 5.32 Å². The number of hydrogen-bond acceptors (Lipinski definition) is 6. The van der Waals surface area contributed by atoms with E-state index in [1.165, 1.54) is 9.80 Å². The van der Waals surface area contributed by atoms with Gasteiger partial charge in [0.25, 0.3) is 0 Å². The molecule has 11 heteroatoms. The van der Waals surface area contributed by atoms with Crippen LogP contribution in [0.5, 0.6) is 0 Å². The maximum atomic E-state index is 13.7. The number of unbranched alkanes of at least 4 members (excludes halogenated alkanes) is 1. The highest BCUT2D eigenvalue weighted by molar-refractivity contribution is 6.02. The molecular formula is C27H43N7O4. The van der Waals surface area contributed by atoms with Crippen LogP contribution in [0.1, 0.15) is 56.1 Å². The van der Waals surface area contributed by atoms with Gasteiger partial charge in [0.15, 0.2) is 0 Å². The first-order valence-electron chi connectivity index (χ1n) is 13.3. The van der Waals surface area contributed by atoms with Gasteiger partial charge in [-0.3, -0.25) is 24.6 Å². The molecule has 2 atom stereocenters. The minimum absolute atomic E-state index is 0.0731. The Kier molecular flexibility index (Phi) is 12.2. The maximum absolute atomic E-state index is 13.7. The molecule has 1 aromatic rings. The van der Waals surface area contributed by atoms with Crippen molar-refractivity contribution in [3.63, 3.8) is 0 Å². The Bertz CT molecular complexity index is 974. The van der Waals surface area contributed by atoms with Crippen molar-refractivity contribution in [2.45, 2.75) is 57.4 Å². The topological polar surface area (TPSA) is 189 Å². The number of rotatable bonds is 14. The van der Waals surface area contributed by atoms with Crippen LogP contribution < -0.4 is 22.5 Å². The molecular weight excluding hydrogens is 486 g/mol. The van der Waals surface area contributed by atoms with Crippen LogP contribution in [0.3, 0.4) is 0 Å². The number of amides is 4. The Morgan fingerprint density at radius 3 is 2.16 bits per heavy atom. The number of nitrogens with one attached hydrogen (secondary N) is 2. The lowest BCUT2D eigenvalue weighted by Crippen LogP contribution is -2.56. The summed E-state index contributed by atoms with van der Waals surface area (Å²) < 4.78 is 0. The molecule has 4 amide bonds. The molecule has 210 valence electrons.